The van der Waals surface area contributed by atoms with Gasteiger partial charge in [0, 0.05) is 24.4 Å². The zero-order valence-corrected chi connectivity index (χ0v) is 16.2. The van der Waals surface area contributed by atoms with Crippen molar-refractivity contribution in [3.05, 3.63) is 73.2 Å². The SMILES string of the molecule is Nn1c(C(F)(F)F)cc(=S)n(-c2cc(Oc3ccc(Cl)cn3)c(Cl)cc2F)c1=O. The Balaban J connectivity index is 2.17. The van der Waals surface area contributed by atoms with Gasteiger partial charge >= 0.3 is 11.9 Å². The number of pyridine rings is 1. The van der Waals surface area contributed by atoms with Crippen LogP contribution in [0.25, 0.3) is 5.69 Å². The first-order valence-electron chi connectivity index (χ1n) is 7.49. The van der Waals surface area contributed by atoms with Gasteiger partial charge in [0.1, 0.15) is 16.2 Å². The van der Waals surface area contributed by atoms with E-state index in [1.165, 1.54) is 18.3 Å². The zero-order chi connectivity index (χ0) is 21.5. The minimum atomic E-state index is -4.94. The molecular weight excluding hydrogens is 459 g/mol. The zero-order valence-electron chi connectivity index (χ0n) is 13.9. The minimum absolute atomic E-state index is 0.0427. The highest BCUT2D eigenvalue weighted by molar-refractivity contribution is 7.71. The molecule has 2 N–H and O–H groups in total. The van der Waals surface area contributed by atoms with Crippen LogP contribution in [0.5, 0.6) is 11.6 Å². The van der Waals surface area contributed by atoms with Gasteiger partial charge in [-0.25, -0.2) is 23.4 Å². The molecule has 3 aromatic rings. The van der Waals surface area contributed by atoms with Crippen molar-refractivity contribution in [3.8, 4) is 17.3 Å². The summed E-state index contributed by atoms with van der Waals surface area (Å²) in [6.07, 6.45) is -3.65. The van der Waals surface area contributed by atoms with Gasteiger partial charge in [-0.1, -0.05) is 35.4 Å². The molecule has 0 bridgehead atoms. The lowest BCUT2D eigenvalue weighted by molar-refractivity contribution is -0.143. The van der Waals surface area contributed by atoms with Gasteiger partial charge in [-0.05, 0) is 12.1 Å². The molecule has 0 aliphatic rings. The third-order valence-electron chi connectivity index (χ3n) is 3.58. The number of nitrogen functional groups attached to an aromatic ring is 1. The normalized spacial score (nSPS) is 11.5. The van der Waals surface area contributed by atoms with Crippen LogP contribution in [0.4, 0.5) is 17.6 Å². The quantitative estimate of drug-likeness (QED) is 0.343. The number of nitrogens with two attached hydrogens (primary N) is 1. The molecule has 13 heteroatoms. The second-order valence-electron chi connectivity index (χ2n) is 5.50. The van der Waals surface area contributed by atoms with Gasteiger partial charge in [0.25, 0.3) is 0 Å². The lowest BCUT2D eigenvalue weighted by Gasteiger charge is -2.16. The maximum atomic E-state index is 14.5. The van der Waals surface area contributed by atoms with E-state index >= 15 is 0 Å². The summed E-state index contributed by atoms with van der Waals surface area (Å²) >= 11 is 16.5. The van der Waals surface area contributed by atoms with Crippen LogP contribution in [0.3, 0.4) is 0 Å². The first-order chi connectivity index (χ1) is 13.5. The van der Waals surface area contributed by atoms with E-state index in [1.54, 1.807) is 0 Å². The van der Waals surface area contributed by atoms with E-state index in [2.05, 4.69) is 4.98 Å². The first kappa shape index (κ1) is 21.1. The molecule has 6 nitrogen and oxygen atoms in total. The Hall–Kier alpha value is -2.63. The van der Waals surface area contributed by atoms with Crippen molar-refractivity contribution in [1.29, 1.82) is 0 Å². The molecule has 0 aliphatic heterocycles. The smallest absolute Gasteiger partial charge is 0.433 e. The average molecular weight is 467 g/mol. The molecule has 3 rings (SSSR count). The Morgan fingerprint density at radius 1 is 1.17 bits per heavy atom. The Morgan fingerprint density at radius 2 is 1.86 bits per heavy atom. The first-order valence-corrected chi connectivity index (χ1v) is 8.65. The van der Waals surface area contributed by atoms with Crippen molar-refractivity contribution in [2.24, 2.45) is 0 Å². The molecule has 0 amide bonds. The number of alkyl halides is 3. The second-order valence-corrected chi connectivity index (χ2v) is 6.77. The number of nitrogens with zero attached hydrogens (tertiary/aromatic N) is 3. The van der Waals surface area contributed by atoms with Gasteiger partial charge in [0.05, 0.1) is 15.7 Å². The minimum Gasteiger partial charge on any atom is -0.437 e. The Morgan fingerprint density at radius 3 is 2.45 bits per heavy atom. The maximum Gasteiger partial charge on any atom is 0.433 e. The monoisotopic (exact) mass is 466 g/mol. The second kappa shape index (κ2) is 7.65. The summed E-state index contributed by atoms with van der Waals surface area (Å²) in [5.74, 6) is 4.11. The summed E-state index contributed by atoms with van der Waals surface area (Å²) in [6.45, 7) is 0. The topological polar surface area (TPSA) is 75.1 Å². The number of hydrogen-bond acceptors (Lipinski definition) is 5. The molecule has 0 saturated carbocycles. The molecule has 0 spiro atoms. The van der Waals surface area contributed by atoms with Crippen LogP contribution in [0.2, 0.25) is 10.0 Å². The van der Waals surface area contributed by atoms with Gasteiger partial charge in [0.2, 0.25) is 5.88 Å². The number of ether oxygens (including phenoxy) is 1. The lowest BCUT2D eigenvalue weighted by atomic mass is 10.2. The molecule has 2 heterocycles. The summed E-state index contributed by atoms with van der Waals surface area (Å²) in [5, 5.41) is 0.150. The molecule has 0 aliphatic carbocycles. The highest BCUT2D eigenvalue weighted by Crippen LogP contribution is 2.33. The van der Waals surface area contributed by atoms with Crippen molar-refractivity contribution in [2.45, 2.75) is 6.18 Å². The summed E-state index contributed by atoms with van der Waals surface area (Å²) in [7, 11) is 0. The van der Waals surface area contributed by atoms with E-state index in [4.69, 9.17) is 46.0 Å². The van der Waals surface area contributed by atoms with Crippen molar-refractivity contribution >= 4 is 35.4 Å². The van der Waals surface area contributed by atoms with Crippen LogP contribution in [-0.2, 0) is 6.18 Å². The molecule has 1 aromatic carbocycles. The van der Waals surface area contributed by atoms with Crippen molar-refractivity contribution in [2.75, 3.05) is 5.84 Å². The van der Waals surface area contributed by atoms with E-state index in [0.29, 0.717) is 15.7 Å². The fourth-order valence-corrected chi connectivity index (χ4v) is 2.89. The Kier molecular flexibility index (Phi) is 5.57. The van der Waals surface area contributed by atoms with E-state index in [1.807, 2.05) is 0 Å². The highest BCUT2D eigenvalue weighted by Gasteiger charge is 2.35. The summed E-state index contributed by atoms with van der Waals surface area (Å²) < 4.78 is 58.6. The summed E-state index contributed by atoms with van der Waals surface area (Å²) in [6, 6.07) is 5.10. The third-order valence-corrected chi connectivity index (χ3v) is 4.40. The average Bonchev–Trinajstić information content (AvgIpc) is 2.62. The molecule has 0 saturated heterocycles. The van der Waals surface area contributed by atoms with Gasteiger partial charge in [-0.3, -0.25) is 0 Å². The fraction of sp³-hybridized carbons (Fsp3) is 0.0625. The van der Waals surface area contributed by atoms with Crippen LogP contribution in [-0.4, -0.2) is 14.2 Å². The van der Waals surface area contributed by atoms with Gasteiger partial charge in [0.15, 0.2) is 5.69 Å². The van der Waals surface area contributed by atoms with Crippen LogP contribution < -0.4 is 16.3 Å². The third kappa shape index (κ3) is 4.21. The van der Waals surface area contributed by atoms with Gasteiger partial charge < -0.3 is 10.6 Å². The molecule has 152 valence electrons. The molecule has 29 heavy (non-hydrogen) atoms. The van der Waals surface area contributed by atoms with Gasteiger partial charge in [-0.15, -0.1) is 0 Å². The predicted octanol–water partition coefficient (Wildman–Crippen LogP) is 4.73. The largest absolute Gasteiger partial charge is 0.437 e. The van der Waals surface area contributed by atoms with Crippen molar-refractivity contribution in [1.82, 2.24) is 14.2 Å². The van der Waals surface area contributed by atoms with E-state index < -0.39 is 33.7 Å². The number of halogens is 6. The maximum absolute atomic E-state index is 14.5. The highest BCUT2D eigenvalue weighted by atomic mass is 35.5. The standard InChI is InChI=1S/C16H8Cl2F4N4O2S/c17-7-1-2-13(24-6-7)28-11-4-10(9(19)3-8(11)18)25-14(29)5-12(16(20,21)22)26(23)15(25)27/h1-6H,23H2. The summed E-state index contributed by atoms with van der Waals surface area (Å²) in [4.78, 5) is 16.3. The number of aromatic nitrogens is 3. The van der Waals surface area contributed by atoms with Crippen molar-refractivity contribution < 1.29 is 22.3 Å². The molecule has 0 unspecified atom stereocenters. The molecule has 0 fully saturated rings. The van der Waals surface area contributed by atoms with Crippen LogP contribution >= 0.6 is 35.4 Å². The number of benzene rings is 1. The van der Waals surface area contributed by atoms with Crippen LogP contribution in [0.1, 0.15) is 5.69 Å². The predicted molar refractivity (Wildman–Crippen MR) is 100 cm³/mol. The van der Waals surface area contributed by atoms with E-state index in [-0.39, 0.29) is 21.3 Å². The molecular formula is C16H8Cl2F4N4O2S. The van der Waals surface area contributed by atoms with E-state index in [0.717, 1.165) is 12.1 Å². The van der Waals surface area contributed by atoms with E-state index in [9.17, 15) is 22.4 Å². The lowest BCUT2D eigenvalue weighted by Crippen LogP contribution is -2.39. The number of hydrogen-bond donors (Lipinski definition) is 1. The fourth-order valence-electron chi connectivity index (χ4n) is 2.30. The van der Waals surface area contributed by atoms with Crippen LogP contribution in [0, 0.1) is 10.5 Å². The molecule has 2 aromatic heterocycles. The van der Waals surface area contributed by atoms with Crippen LogP contribution in [0.15, 0.2) is 41.3 Å². The summed E-state index contributed by atoms with van der Waals surface area (Å²) in [5.41, 5.74) is -3.41. The van der Waals surface area contributed by atoms with Gasteiger partial charge in [-0.2, -0.15) is 13.2 Å². The Labute approximate surface area is 174 Å². The molecule has 0 radical (unpaired) electrons. The number of rotatable bonds is 3. The Bertz CT molecular complexity index is 1210. The molecule has 0 atom stereocenters. The van der Waals surface area contributed by atoms with Crippen molar-refractivity contribution in [3.63, 3.8) is 0 Å².